The van der Waals surface area contributed by atoms with Gasteiger partial charge in [-0.1, -0.05) is 46.9 Å². The highest BCUT2D eigenvalue weighted by atomic mass is 35.5. The summed E-state index contributed by atoms with van der Waals surface area (Å²) < 4.78 is 0. The molecule has 2 amide bonds. The second-order valence-corrected chi connectivity index (χ2v) is 10.3. The topological polar surface area (TPSA) is 38.8 Å². The van der Waals surface area contributed by atoms with Crippen molar-refractivity contribution < 1.29 is 4.79 Å². The molecule has 0 bridgehead atoms. The van der Waals surface area contributed by atoms with Gasteiger partial charge >= 0.3 is 6.03 Å². The van der Waals surface area contributed by atoms with E-state index in [2.05, 4.69) is 27.2 Å². The Kier molecular flexibility index (Phi) is 8.78. The lowest BCUT2D eigenvalue weighted by atomic mass is 9.96. The number of piperazine rings is 1. The van der Waals surface area contributed by atoms with Crippen molar-refractivity contribution in [2.24, 2.45) is 5.92 Å². The molecule has 1 N–H and O–H groups in total. The Bertz CT molecular complexity index is 932. The molecule has 0 saturated carbocycles. The Morgan fingerprint density at radius 2 is 1.67 bits per heavy atom. The van der Waals surface area contributed by atoms with Gasteiger partial charge in [-0.15, -0.1) is 0 Å². The van der Waals surface area contributed by atoms with Crippen molar-refractivity contribution in [2.75, 3.05) is 57.7 Å². The zero-order valence-corrected chi connectivity index (χ0v) is 21.0. The number of amides is 2. The monoisotopic (exact) mass is 508 g/mol. The lowest BCUT2D eigenvalue weighted by Gasteiger charge is -2.39. The smallest absolute Gasteiger partial charge is 0.321 e. The summed E-state index contributed by atoms with van der Waals surface area (Å²) in [6, 6.07) is 13.3. The zero-order valence-electron chi connectivity index (χ0n) is 18.8. The maximum Gasteiger partial charge on any atom is 0.321 e. The quantitative estimate of drug-likeness (QED) is 0.539. The average Bonchev–Trinajstić information content (AvgIpc) is 2.82. The van der Waals surface area contributed by atoms with Crippen molar-refractivity contribution in [3.63, 3.8) is 0 Å². The summed E-state index contributed by atoms with van der Waals surface area (Å²) in [4.78, 5) is 19.6. The predicted molar refractivity (Wildman–Crippen MR) is 138 cm³/mol. The molecule has 0 unspecified atom stereocenters. The minimum Gasteiger partial charge on any atom is -0.322 e. The second kappa shape index (κ2) is 11.8. The summed E-state index contributed by atoms with van der Waals surface area (Å²) in [5, 5.41) is 4.64. The van der Waals surface area contributed by atoms with Gasteiger partial charge in [0.05, 0.1) is 10.0 Å². The Morgan fingerprint density at radius 1 is 0.909 bits per heavy atom. The van der Waals surface area contributed by atoms with E-state index in [1.165, 1.54) is 24.9 Å². The maximum atomic E-state index is 12.6. The van der Waals surface area contributed by atoms with Gasteiger partial charge in [0.15, 0.2) is 0 Å². The zero-order chi connectivity index (χ0) is 23.2. The molecule has 2 aromatic rings. The molecule has 0 spiro atoms. The van der Waals surface area contributed by atoms with Gasteiger partial charge in [-0.05, 0) is 67.6 Å². The van der Waals surface area contributed by atoms with E-state index in [9.17, 15) is 4.79 Å². The summed E-state index contributed by atoms with van der Waals surface area (Å²) in [7, 11) is 0. The largest absolute Gasteiger partial charge is 0.322 e. The van der Waals surface area contributed by atoms with Crippen LogP contribution in [0.3, 0.4) is 0 Å². The van der Waals surface area contributed by atoms with Gasteiger partial charge < -0.3 is 15.1 Å². The number of halogens is 3. The van der Waals surface area contributed by atoms with E-state index >= 15 is 0 Å². The van der Waals surface area contributed by atoms with Gasteiger partial charge in [0.2, 0.25) is 0 Å². The van der Waals surface area contributed by atoms with Crippen LogP contribution in [0.2, 0.25) is 15.1 Å². The number of urea groups is 1. The molecule has 0 radical (unpaired) electrons. The van der Waals surface area contributed by atoms with E-state index in [0.29, 0.717) is 21.7 Å². The minimum atomic E-state index is -0.0842. The van der Waals surface area contributed by atoms with E-state index in [-0.39, 0.29) is 6.03 Å². The van der Waals surface area contributed by atoms with Crippen LogP contribution in [0.4, 0.5) is 10.5 Å². The Balaban J connectivity index is 1.18. The highest BCUT2D eigenvalue weighted by Crippen LogP contribution is 2.25. The van der Waals surface area contributed by atoms with Crippen LogP contribution in [0.15, 0.2) is 42.5 Å². The van der Waals surface area contributed by atoms with Crippen LogP contribution in [0.25, 0.3) is 0 Å². The van der Waals surface area contributed by atoms with Crippen LogP contribution in [0.5, 0.6) is 0 Å². The number of carbonyl (C=O) groups excluding carboxylic acids is 1. The van der Waals surface area contributed by atoms with Crippen LogP contribution < -0.4 is 5.32 Å². The summed E-state index contributed by atoms with van der Waals surface area (Å²) in [5.74, 6) is 0.695. The van der Waals surface area contributed by atoms with E-state index in [1.807, 2.05) is 17.0 Å². The van der Waals surface area contributed by atoms with Crippen LogP contribution in [0, 0.1) is 5.92 Å². The van der Waals surface area contributed by atoms with Crippen LogP contribution in [-0.2, 0) is 6.42 Å². The molecule has 2 heterocycles. The lowest BCUT2D eigenvalue weighted by Crippen LogP contribution is -2.52. The molecule has 2 aromatic carbocycles. The number of nitrogens with zero attached hydrogens (tertiary/aromatic N) is 3. The molecular weight excluding hydrogens is 479 g/mol. The molecule has 0 aliphatic carbocycles. The van der Waals surface area contributed by atoms with E-state index in [1.54, 1.807) is 18.2 Å². The Hall–Kier alpha value is -1.50. The molecule has 178 valence electrons. The van der Waals surface area contributed by atoms with Crippen LogP contribution >= 0.6 is 34.8 Å². The van der Waals surface area contributed by atoms with Crippen molar-refractivity contribution in [3.05, 3.63) is 63.1 Å². The fourth-order valence-corrected chi connectivity index (χ4v) is 5.14. The molecule has 2 aliphatic heterocycles. The van der Waals surface area contributed by atoms with E-state index in [4.69, 9.17) is 34.8 Å². The molecule has 5 nitrogen and oxygen atoms in total. The highest BCUT2D eigenvalue weighted by molar-refractivity contribution is 6.42. The molecule has 2 saturated heterocycles. The van der Waals surface area contributed by atoms with Crippen molar-refractivity contribution in [2.45, 2.75) is 19.3 Å². The van der Waals surface area contributed by atoms with Crippen molar-refractivity contribution >= 4 is 46.5 Å². The number of hydrogen-bond donors (Lipinski definition) is 1. The summed E-state index contributed by atoms with van der Waals surface area (Å²) in [6.07, 6.45) is 3.61. The molecular formula is C25H31Cl3N4O. The second-order valence-electron chi connectivity index (χ2n) is 9.03. The SMILES string of the molecule is O=C(Nc1ccc(Cl)c(Cl)c1)N1CCN(C[C@@H]2CCCN(CCc3ccc(Cl)cc3)C2)CC1. The first-order chi connectivity index (χ1) is 16.0. The summed E-state index contributed by atoms with van der Waals surface area (Å²) in [5.41, 5.74) is 2.01. The number of rotatable bonds is 6. The predicted octanol–water partition coefficient (Wildman–Crippen LogP) is 5.75. The van der Waals surface area contributed by atoms with Crippen LogP contribution in [-0.4, -0.2) is 73.1 Å². The van der Waals surface area contributed by atoms with E-state index in [0.717, 1.165) is 57.3 Å². The first-order valence-corrected chi connectivity index (χ1v) is 12.8. The first-order valence-electron chi connectivity index (χ1n) is 11.7. The number of piperidine rings is 1. The Labute approximate surface area is 211 Å². The maximum absolute atomic E-state index is 12.6. The number of nitrogens with one attached hydrogen (secondary N) is 1. The van der Waals surface area contributed by atoms with Gasteiger partial charge in [-0.3, -0.25) is 4.90 Å². The fourth-order valence-electron chi connectivity index (χ4n) is 4.72. The third-order valence-corrected chi connectivity index (χ3v) is 7.57. The summed E-state index contributed by atoms with van der Waals surface area (Å²) >= 11 is 18.0. The van der Waals surface area contributed by atoms with Gasteiger partial charge in [0.25, 0.3) is 0 Å². The van der Waals surface area contributed by atoms with Crippen molar-refractivity contribution in [3.8, 4) is 0 Å². The minimum absolute atomic E-state index is 0.0842. The summed E-state index contributed by atoms with van der Waals surface area (Å²) in [6.45, 7) is 7.85. The molecule has 2 aliphatic rings. The normalized spacial score (nSPS) is 20.1. The van der Waals surface area contributed by atoms with Crippen LogP contribution in [0.1, 0.15) is 18.4 Å². The molecule has 2 fully saturated rings. The lowest BCUT2D eigenvalue weighted by molar-refractivity contribution is 0.101. The number of anilines is 1. The molecule has 33 heavy (non-hydrogen) atoms. The van der Waals surface area contributed by atoms with Gasteiger partial charge in [0, 0.05) is 56.5 Å². The van der Waals surface area contributed by atoms with Crippen molar-refractivity contribution in [1.29, 1.82) is 0 Å². The number of carbonyl (C=O) groups is 1. The number of likely N-dealkylation sites (tertiary alicyclic amines) is 1. The first kappa shape index (κ1) is 24.6. The molecule has 4 rings (SSSR count). The Morgan fingerprint density at radius 3 is 2.39 bits per heavy atom. The third kappa shape index (κ3) is 7.24. The standard InChI is InChI=1S/C25H31Cl3N4O/c26-21-5-3-19(4-6-21)9-11-30-10-1-2-20(17-30)18-31-12-14-32(15-13-31)25(33)29-22-7-8-23(27)24(28)16-22/h3-8,16,20H,1-2,9-15,17-18H2,(H,29,33)/t20-/m1/s1. The third-order valence-electron chi connectivity index (χ3n) is 6.58. The number of benzene rings is 2. The molecule has 8 heteroatoms. The highest BCUT2D eigenvalue weighted by Gasteiger charge is 2.26. The van der Waals surface area contributed by atoms with Gasteiger partial charge in [-0.25, -0.2) is 4.79 Å². The average molecular weight is 510 g/mol. The molecule has 1 atom stereocenters. The fraction of sp³-hybridized carbons (Fsp3) is 0.480. The van der Waals surface area contributed by atoms with E-state index < -0.39 is 0 Å². The van der Waals surface area contributed by atoms with Crippen molar-refractivity contribution in [1.82, 2.24) is 14.7 Å². The number of hydrogen-bond acceptors (Lipinski definition) is 3. The van der Waals surface area contributed by atoms with Gasteiger partial charge in [0.1, 0.15) is 0 Å². The van der Waals surface area contributed by atoms with Gasteiger partial charge in [-0.2, -0.15) is 0 Å². The molecule has 0 aromatic heterocycles.